The lowest BCUT2D eigenvalue weighted by Crippen LogP contribution is -2.04. The van der Waals surface area contributed by atoms with Crippen molar-refractivity contribution in [1.29, 1.82) is 0 Å². The van der Waals surface area contributed by atoms with Gasteiger partial charge in [-0.1, -0.05) is 84.8 Å². The van der Waals surface area contributed by atoms with E-state index in [9.17, 15) is 12.6 Å². The van der Waals surface area contributed by atoms with Crippen molar-refractivity contribution in [3.63, 3.8) is 0 Å². The second-order valence-electron chi connectivity index (χ2n) is 7.17. The molecule has 0 saturated carbocycles. The van der Waals surface area contributed by atoms with E-state index in [2.05, 4.69) is 10.7 Å². The van der Waals surface area contributed by atoms with Crippen LogP contribution in [0.25, 0.3) is 0 Å². The van der Waals surface area contributed by atoms with E-state index in [0.29, 0.717) is 4.90 Å². The number of sulfonamides is 1. The predicted molar refractivity (Wildman–Crippen MR) is 121 cm³/mol. The van der Waals surface area contributed by atoms with Crippen molar-refractivity contribution in [3.8, 4) is 0 Å². The van der Waals surface area contributed by atoms with E-state index in [0.717, 1.165) is 24.8 Å². The van der Waals surface area contributed by atoms with Crippen LogP contribution in [-0.4, -0.2) is 12.6 Å². The monoisotopic (exact) mass is 433 g/mol. The molecule has 4 nitrogen and oxygen atoms in total. The van der Waals surface area contributed by atoms with Crippen LogP contribution in [0, 0.1) is 6.92 Å². The Bertz CT molecular complexity index is 1000. The van der Waals surface area contributed by atoms with Crippen LogP contribution in [0.2, 0.25) is 0 Å². The smallest absolute Gasteiger partial charge is 0.239 e. The molecule has 0 fully saturated rings. The summed E-state index contributed by atoms with van der Waals surface area (Å²) in [6, 6.07) is 15.0. The Morgan fingerprint density at radius 2 is 1.41 bits per heavy atom. The van der Waals surface area contributed by atoms with Crippen LogP contribution >= 0.6 is 0 Å². The standard InChI is InChI=1S/C23H31NO3S2/c1-3-4-5-6-7-8-9-13-20-28(25,22-14-11-10-12-15-22)24-29(26,27)23-18-16-21(2)17-19-23/h10-20H,3-9H2,1-2H3/b20-13+. The van der Waals surface area contributed by atoms with Crippen LogP contribution in [0.15, 0.2) is 79.6 Å². The molecule has 2 rings (SSSR count). The van der Waals surface area contributed by atoms with Crippen molar-refractivity contribution in [2.45, 2.75) is 68.6 Å². The van der Waals surface area contributed by atoms with Crippen molar-refractivity contribution in [3.05, 3.63) is 71.6 Å². The van der Waals surface area contributed by atoms with Gasteiger partial charge in [-0.15, -0.1) is 0 Å². The molecule has 1 unspecified atom stereocenters. The van der Waals surface area contributed by atoms with Gasteiger partial charge in [0.1, 0.15) is 9.73 Å². The summed E-state index contributed by atoms with van der Waals surface area (Å²) in [7, 11) is -7.27. The third-order valence-electron chi connectivity index (χ3n) is 4.61. The van der Waals surface area contributed by atoms with E-state index in [4.69, 9.17) is 0 Å². The average molecular weight is 434 g/mol. The number of allylic oxidation sites excluding steroid dienone is 1. The Kier molecular flexibility index (Phi) is 9.11. The maximum absolute atomic E-state index is 13.6. The largest absolute Gasteiger partial charge is 0.290 e. The van der Waals surface area contributed by atoms with Gasteiger partial charge in [0, 0.05) is 5.41 Å². The zero-order chi connectivity index (χ0) is 21.2. The Balaban J connectivity index is 2.25. The molecule has 0 aliphatic heterocycles. The molecule has 0 bridgehead atoms. The predicted octanol–water partition coefficient (Wildman–Crippen LogP) is 6.48. The van der Waals surface area contributed by atoms with Gasteiger partial charge in [0.05, 0.1) is 9.79 Å². The lowest BCUT2D eigenvalue weighted by atomic mass is 10.1. The summed E-state index contributed by atoms with van der Waals surface area (Å²) in [4.78, 5) is 0.450. The van der Waals surface area contributed by atoms with E-state index < -0.39 is 19.8 Å². The minimum absolute atomic E-state index is 0.0519. The third-order valence-corrected chi connectivity index (χ3v) is 8.66. The minimum atomic E-state index is -4.04. The number of hydrogen-bond acceptors (Lipinski definition) is 3. The summed E-state index contributed by atoms with van der Waals surface area (Å²) in [5.74, 6) is 0. The van der Waals surface area contributed by atoms with Gasteiger partial charge < -0.3 is 0 Å². The van der Waals surface area contributed by atoms with Gasteiger partial charge in [-0.05, 0) is 44.0 Å². The van der Waals surface area contributed by atoms with Crippen molar-refractivity contribution in [2.75, 3.05) is 0 Å². The summed E-state index contributed by atoms with van der Waals surface area (Å²) in [6.07, 6.45) is 9.60. The number of unbranched alkanes of at least 4 members (excludes halogenated alkanes) is 6. The summed E-state index contributed by atoms with van der Waals surface area (Å²) in [6.45, 7) is 4.07. The van der Waals surface area contributed by atoms with E-state index in [1.54, 1.807) is 42.5 Å². The molecular formula is C23H31NO3S2. The van der Waals surface area contributed by atoms with E-state index >= 15 is 0 Å². The third kappa shape index (κ3) is 7.44. The quantitative estimate of drug-likeness (QED) is 0.381. The molecule has 0 amide bonds. The van der Waals surface area contributed by atoms with Gasteiger partial charge >= 0.3 is 0 Å². The molecule has 2 aromatic carbocycles. The molecule has 6 heteroatoms. The summed E-state index contributed by atoms with van der Waals surface area (Å²) < 4.78 is 43.0. The first kappa shape index (κ1) is 23.4. The topological polar surface area (TPSA) is 63.6 Å². The molecule has 0 heterocycles. The van der Waals surface area contributed by atoms with Gasteiger partial charge in [0.2, 0.25) is 0 Å². The molecule has 158 valence electrons. The molecule has 1 atom stereocenters. The van der Waals surface area contributed by atoms with Crippen molar-refractivity contribution in [1.82, 2.24) is 0 Å². The highest BCUT2D eigenvalue weighted by Crippen LogP contribution is 2.22. The first-order valence-electron chi connectivity index (χ1n) is 10.2. The first-order chi connectivity index (χ1) is 13.9. The Morgan fingerprint density at radius 1 is 0.793 bits per heavy atom. The molecule has 0 aromatic heterocycles. The summed E-state index contributed by atoms with van der Waals surface area (Å²) >= 11 is 0. The number of rotatable bonds is 11. The number of nitrogens with zero attached hydrogens (tertiary/aromatic N) is 1. The second-order valence-corrected chi connectivity index (χ2v) is 11.1. The summed E-state index contributed by atoms with van der Waals surface area (Å²) in [5.41, 5.74) is 0.951. The molecular weight excluding hydrogens is 402 g/mol. The molecule has 29 heavy (non-hydrogen) atoms. The highest BCUT2D eigenvalue weighted by molar-refractivity contribution is 8.05. The highest BCUT2D eigenvalue weighted by atomic mass is 32.3. The van der Waals surface area contributed by atoms with Crippen LogP contribution in [0.1, 0.15) is 57.4 Å². The molecule has 2 aromatic rings. The highest BCUT2D eigenvalue weighted by Gasteiger charge is 2.18. The average Bonchev–Trinajstić information content (AvgIpc) is 2.70. The number of hydrogen-bond donors (Lipinski definition) is 0. The fourth-order valence-corrected chi connectivity index (χ4v) is 6.54. The Hall–Kier alpha value is -1.92. The van der Waals surface area contributed by atoms with Gasteiger partial charge in [-0.2, -0.15) is 8.42 Å². The van der Waals surface area contributed by atoms with Crippen molar-refractivity contribution in [2.24, 2.45) is 3.77 Å². The van der Waals surface area contributed by atoms with Gasteiger partial charge in [0.15, 0.2) is 0 Å². The fourth-order valence-electron chi connectivity index (χ4n) is 2.90. The number of aryl methyl sites for hydroxylation is 1. The maximum atomic E-state index is 13.6. The van der Waals surface area contributed by atoms with E-state index in [-0.39, 0.29) is 4.90 Å². The molecule has 0 N–H and O–H groups in total. The van der Waals surface area contributed by atoms with E-state index in [1.807, 2.05) is 13.0 Å². The van der Waals surface area contributed by atoms with Gasteiger partial charge in [-0.3, -0.25) is 0 Å². The van der Waals surface area contributed by atoms with Gasteiger partial charge in [0.25, 0.3) is 10.0 Å². The fraction of sp³-hybridized carbons (Fsp3) is 0.391. The van der Waals surface area contributed by atoms with Crippen molar-refractivity contribution < 1.29 is 12.6 Å². The van der Waals surface area contributed by atoms with Crippen molar-refractivity contribution >= 4 is 19.8 Å². The van der Waals surface area contributed by atoms with Crippen LogP contribution in [-0.2, 0) is 19.8 Å². The second kappa shape index (κ2) is 11.3. The molecule has 0 saturated heterocycles. The summed E-state index contributed by atoms with van der Waals surface area (Å²) in [5, 5.41) is 1.47. The molecule has 0 radical (unpaired) electrons. The van der Waals surface area contributed by atoms with Crippen LogP contribution in [0.4, 0.5) is 0 Å². The SMILES string of the molecule is CCCCCCCC/C=C/S(=O)(=NS(=O)(=O)c1ccc(C)cc1)c1ccccc1. The Morgan fingerprint density at radius 3 is 2.07 bits per heavy atom. The van der Waals surface area contributed by atoms with Crippen LogP contribution in [0.3, 0.4) is 0 Å². The zero-order valence-corrected chi connectivity index (χ0v) is 18.9. The van der Waals surface area contributed by atoms with Crippen LogP contribution < -0.4 is 0 Å². The molecule has 0 aliphatic rings. The maximum Gasteiger partial charge on any atom is 0.290 e. The minimum Gasteiger partial charge on any atom is -0.239 e. The molecule has 0 aliphatic carbocycles. The van der Waals surface area contributed by atoms with Gasteiger partial charge in [-0.25, -0.2) is 4.21 Å². The van der Waals surface area contributed by atoms with E-state index in [1.165, 1.54) is 43.2 Å². The lowest BCUT2D eigenvalue weighted by Gasteiger charge is -2.07. The first-order valence-corrected chi connectivity index (χ1v) is 13.2. The normalized spacial score (nSPS) is 14.0. The lowest BCUT2D eigenvalue weighted by molar-refractivity contribution is 0.598. The number of benzene rings is 2. The molecule has 0 spiro atoms. The van der Waals surface area contributed by atoms with Crippen LogP contribution in [0.5, 0.6) is 0 Å². The zero-order valence-electron chi connectivity index (χ0n) is 17.3. The Labute approximate surface area is 176 Å².